The van der Waals surface area contributed by atoms with Crippen molar-refractivity contribution in [3.8, 4) is 0 Å². The molecule has 0 bridgehead atoms. The molecule has 16 nitrogen and oxygen atoms in total. The van der Waals surface area contributed by atoms with Crippen molar-refractivity contribution in [1.29, 1.82) is 0 Å². The van der Waals surface area contributed by atoms with E-state index in [2.05, 4.69) is 353 Å². The Hall–Kier alpha value is -11.1. The first-order valence-corrected chi connectivity index (χ1v) is 47.1. The first-order chi connectivity index (χ1) is 68.5. The SMILES string of the molecule is CC[NH+](CC)c1ccccc1.CC[NH+](CC)c1ccccc1.CC[NH+](CC)c1ccccc1.CC[NH+](CC)c1ccccc1.CC[NH+](CC)c1ccccc1.CC[NH+](CC)c1ccccc1.CC[NH+](CC)c1ccccc1.CC[NH+](CC)c1ccccc1.[O-]B([O-])c1c(F)c(F)c(F)c(F)c1F.[O-]B([O-])c1c(F)c(F)c(F)c(F)c1F.[O-]B([O-])c1c(F)c(F)c(F)c(F)c1F.[O-]B([O-])c1c(F)c(F)c(F)c(F)c1F. The van der Waals surface area contributed by atoms with Gasteiger partial charge in [0.25, 0.3) is 0 Å². The largest absolute Gasteiger partial charge is 0.889 e. The number of hydrogen-bond donors (Lipinski definition) is 8. The molecule has 12 aromatic rings. The summed E-state index contributed by atoms with van der Waals surface area (Å²) in [5.41, 5.74) is 3.65. The van der Waals surface area contributed by atoms with E-state index in [-0.39, 0.29) is 0 Å². The highest BCUT2D eigenvalue weighted by Crippen LogP contribution is 2.20. The lowest BCUT2D eigenvalue weighted by Gasteiger charge is -2.27. The van der Waals surface area contributed by atoms with Gasteiger partial charge in [-0.25, -0.2) is 87.8 Å². The molecule has 0 spiro atoms. The van der Waals surface area contributed by atoms with E-state index < -0.39 is 167 Å². The highest BCUT2D eigenvalue weighted by atomic mass is 19.2. The van der Waals surface area contributed by atoms with Gasteiger partial charge in [0.1, 0.15) is 45.5 Å². The third-order valence-corrected chi connectivity index (χ3v) is 22.2. The lowest BCUT2D eigenvalue weighted by Crippen LogP contribution is -3.06. The number of hydrogen-bond acceptors (Lipinski definition) is 8. The van der Waals surface area contributed by atoms with Crippen LogP contribution in [0.1, 0.15) is 111 Å². The van der Waals surface area contributed by atoms with Crippen molar-refractivity contribution in [2.24, 2.45) is 0 Å². The molecule has 0 saturated heterocycles. The van der Waals surface area contributed by atoms with Crippen LogP contribution in [-0.2, 0) is 0 Å². The fraction of sp³-hybridized carbons (Fsp3) is 0.308. The standard InChI is InChI=1S/8C10H15N.4C6BF5O2/c8*1-3-11(4-2)10-8-6-5-7-9-10;4*8-2-1(7(13)14)3(9)5(11)6(12)4(2)10/h8*5-9H,3-4H2,1-2H3;;;;/q;;;;;;;;4*-2/p+8. The molecule has 144 heavy (non-hydrogen) atoms. The molecule has 0 aliphatic rings. The van der Waals surface area contributed by atoms with Gasteiger partial charge in [0.15, 0.2) is 116 Å². The van der Waals surface area contributed by atoms with Gasteiger partial charge in [-0.15, -0.1) is 0 Å². The molecule has 0 aliphatic carbocycles. The summed E-state index contributed by atoms with van der Waals surface area (Å²) in [6, 6.07) is 85.0. The number of rotatable bonds is 28. The highest BCUT2D eigenvalue weighted by molar-refractivity contribution is 6.56. The van der Waals surface area contributed by atoms with Crippen LogP contribution in [0.3, 0.4) is 0 Å². The van der Waals surface area contributed by atoms with Gasteiger partial charge in [-0.3, -0.25) is 0 Å². The second-order valence-corrected chi connectivity index (χ2v) is 30.7. The molecule has 0 atom stereocenters. The van der Waals surface area contributed by atoms with Crippen molar-refractivity contribution >= 4 is 95.8 Å². The Morgan fingerprint density at radius 3 is 0.264 bits per heavy atom. The monoisotopic (exact) mass is 2040 g/mol. The third kappa shape index (κ3) is 42.1. The van der Waals surface area contributed by atoms with E-state index in [9.17, 15) is 128 Å². The Morgan fingerprint density at radius 1 is 0.132 bits per heavy atom. The van der Waals surface area contributed by atoms with E-state index >= 15 is 0 Å². The fourth-order valence-electron chi connectivity index (χ4n) is 14.0. The first-order valence-electron chi connectivity index (χ1n) is 47.1. The fourth-order valence-corrected chi connectivity index (χ4v) is 14.0. The van der Waals surface area contributed by atoms with Gasteiger partial charge >= 0.3 is 0 Å². The quantitative estimate of drug-likeness (QED) is 0.0142. The molecule has 0 heterocycles. The summed E-state index contributed by atoms with van der Waals surface area (Å²) in [6.07, 6.45) is 0. The van der Waals surface area contributed by atoms with E-state index in [4.69, 9.17) is 0 Å². The number of quaternary nitrogens is 8. The van der Waals surface area contributed by atoms with Crippen LogP contribution in [0.25, 0.3) is 0 Å². The van der Waals surface area contributed by atoms with E-state index in [0.29, 0.717) is 0 Å². The summed E-state index contributed by atoms with van der Waals surface area (Å²) in [5.74, 6) is -47.0. The molecule has 0 aromatic heterocycles. The molecule has 0 aliphatic heterocycles. The molecule has 0 saturated carbocycles. The number of benzene rings is 12. The summed E-state index contributed by atoms with van der Waals surface area (Å²) in [4.78, 5) is 12.4. The maximum Gasteiger partial charge on any atom is 0.200 e. The second kappa shape index (κ2) is 72.2. The summed E-state index contributed by atoms with van der Waals surface area (Å²) < 4.78 is 248. The predicted octanol–water partition coefficient (Wildman–Crippen LogP) is 5.13. The average Bonchev–Trinajstić information content (AvgIpc) is 0.803. The van der Waals surface area contributed by atoms with Crippen LogP contribution in [0.2, 0.25) is 0 Å². The van der Waals surface area contributed by atoms with Crippen LogP contribution in [0.5, 0.6) is 0 Å². The van der Waals surface area contributed by atoms with Gasteiger partial charge in [0.2, 0.25) is 0 Å². The van der Waals surface area contributed by atoms with Gasteiger partial charge in [0, 0.05) is 0 Å². The Labute approximate surface area is 833 Å². The van der Waals surface area contributed by atoms with Crippen LogP contribution in [0, 0.1) is 116 Å². The molecule has 0 unspecified atom stereocenters. The topological polar surface area (TPSA) is 220 Å². The number of halogens is 20. The zero-order valence-corrected chi connectivity index (χ0v) is 83.5. The summed E-state index contributed by atoms with van der Waals surface area (Å²) in [5, 5.41) is 80.8. The van der Waals surface area contributed by atoms with Gasteiger partial charge in [0.05, 0.1) is 105 Å². The van der Waals surface area contributed by atoms with Gasteiger partial charge in [-0.1, -0.05) is 174 Å². The van der Waals surface area contributed by atoms with Gasteiger partial charge in [-0.2, -0.15) is 0 Å². The van der Waals surface area contributed by atoms with Crippen molar-refractivity contribution in [2.45, 2.75) is 111 Å². The van der Waals surface area contributed by atoms with Crippen LogP contribution >= 0.6 is 0 Å². The third-order valence-electron chi connectivity index (χ3n) is 22.2. The molecular formula is C104H128B4F20N8O8. The van der Waals surface area contributed by atoms with Gasteiger partial charge < -0.3 is 79.4 Å². The van der Waals surface area contributed by atoms with Crippen molar-refractivity contribution in [2.75, 3.05) is 105 Å². The maximum atomic E-state index is 12.5. The zero-order chi connectivity index (χ0) is 109. The highest BCUT2D eigenvalue weighted by Gasteiger charge is 2.28. The van der Waals surface area contributed by atoms with Crippen molar-refractivity contribution in [3.05, 3.63) is 359 Å². The van der Waals surface area contributed by atoms with Crippen molar-refractivity contribution in [1.82, 2.24) is 0 Å². The maximum absolute atomic E-state index is 12.5. The summed E-state index contributed by atoms with van der Waals surface area (Å²) >= 11 is 0. The van der Waals surface area contributed by atoms with Crippen LogP contribution in [0.4, 0.5) is 133 Å². The predicted molar refractivity (Wildman–Crippen MR) is 512 cm³/mol. The molecule has 0 amide bonds. The summed E-state index contributed by atoms with van der Waals surface area (Å²) in [7, 11) is -13.1. The first kappa shape index (κ1) is 131. The van der Waals surface area contributed by atoms with Crippen LogP contribution in [-0.4, -0.2) is 133 Å². The molecule has 12 rings (SSSR count). The Balaban J connectivity index is 0.000000787. The number of nitrogens with one attached hydrogen (secondary N) is 8. The van der Waals surface area contributed by atoms with E-state index in [1.54, 1.807) is 39.2 Å². The van der Waals surface area contributed by atoms with Gasteiger partial charge in [-0.05, 0) is 230 Å². The van der Waals surface area contributed by atoms with E-state index in [1.807, 2.05) is 0 Å². The molecular weight excluding hydrogens is 1910 g/mol. The van der Waals surface area contributed by atoms with Crippen LogP contribution in [0.15, 0.2) is 243 Å². The number of para-hydroxylation sites is 8. The lowest BCUT2D eigenvalue weighted by atomic mass is 9.79. The molecule has 12 aromatic carbocycles. The smallest absolute Gasteiger partial charge is 0.200 e. The minimum atomic E-state index is -3.26. The van der Waals surface area contributed by atoms with Crippen molar-refractivity contribution < 1.29 is 167 Å². The Kier molecular flexibility index (Phi) is 65.6. The molecule has 0 fully saturated rings. The molecule has 40 heteroatoms. The van der Waals surface area contributed by atoms with E-state index in [0.717, 1.165) is 0 Å². The zero-order valence-electron chi connectivity index (χ0n) is 83.5. The second-order valence-electron chi connectivity index (χ2n) is 30.7. The molecule has 0 radical (unpaired) electrons. The lowest BCUT2D eigenvalue weighted by molar-refractivity contribution is -0.828. The van der Waals surface area contributed by atoms with Crippen LogP contribution < -0.4 is 101 Å². The Morgan fingerprint density at radius 2 is 0.201 bits per heavy atom. The minimum absolute atomic E-state index is 1.17. The van der Waals surface area contributed by atoms with E-state index in [1.165, 1.54) is 150 Å². The normalized spacial score (nSPS) is 10.5. The summed E-state index contributed by atoms with van der Waals surface area (Å²) in [6.45, 7) is 54.1. The Bertz CT molecular complexity index is 4510. The molecule has 784 valence electrons. The average molecular weight is 2040 g/mol. The van der Waals surface area contributed by atoms with Crippen molar-refractivity contribution in [3.63, 3.8) is 0 Å². The minimum Gasteiger partial charge on any atom is -0.889 e. The molecule has 8 N–H and O–H groups in total.